The summed E-state index contributed by atoms with van der Waals surface area (Å²) in [4.78, 5) is 0. The summed E-state index contributed by atoms with van der Waals surface area (Å²) in [6, 6.07) is 0. The van der Waals surface area contributed by atoms with Crippen LogP contribution in [0, 0.1) is 11.3 Å². The minimum Gasteiger partial charge on any atom is -0.316 e. The zero-order valence-electron chi connectivity index (χ0n) is 11.2. The maximum atomic E-state index is 3.88. The van der Waals surface area contributed by atoms with Crippen molar-refractivity contribution in [3.63, 3.8) is 0 Å². The Morgan fingerprint density at radius 3 is 2.38 bits per heavy atom. The fourth-order valence-electron chi connectivity index (χ4n) is 3.33. The molecule has 2 N–H and O–H groups in total. The van der Waals surface area contributed by atoms with E-state index in [1.165, 1.54) is 51.7 Å². The summed E-state index contributed by atoms with van der Waals surface area (Å²) in [5.41, 5.74) is 0.941. The second-order valence-corrected chi connectivity index (χ2v) is 6.57. The van der Waals surface area contributed by atoms with Crippen LogP contribution in [0.1, 0.15) is 52.9 Å². The zero-order chi connectivity index (χ0) is 11.6. The van der Waals surface area contributed by atoms with Gasteiger partial charge in [-0.1, -0.05) is 26.7 Å². The average Bonchev–Trinajstić information content (AvgIpc) is 2.85. The van der Waals surface area contributed by atoms with Crippen LogP contribution in [0.4, 0.5) is 0 Å². The van der Waals surface area contributed by atoms with Gasteiger partial charge in [0.2, 0.25) is 0 Å². The van der Waals surface area contributed by atoms with E-state index in [0.29, 0.717) is 11.0 Å². The molecule has 2 heteroatoms. The Morgan fingerprint density at radius 2 is 1.88 bits per heavy atom. The van der Waals surface area contributed by atoms with E-state index in [1.54, 1.807) is 0 Å². The molecule has 1 saturated carbocycles. The minimum atomic E-state index is 0.435. The molecule has 94 valence electrons. The Hall–Kier alpha value is -0.0800. The van der Waals surface area contributed by atoms with Crippen molar-refractivity contribution >= 4 is 0 Å². The molecule has 1 aliphatic carbocycles. The van der Waals surface area contributed by atoms with Gasteiger partial charge in [-0.05, 0) is 44.1 Å². The first-order chi connectivity index (χ1) is 7.56. The molecule has 2 nitrogen and oxygen atoms in total. The average molecular weight is 224 g/mol. The quantitative estimate of drug-likeness (QED) is 0.767. The van der Waals surface area contributed by atoms with Crippen LogP contribution >= 0.6 is 0 Å². The van der Waals surface area contributed by atoms with Gasteiger partial charge in [0.15, 0.2) is 0 Å². The third-order valence-electron chi connectivity index (χ3n) is 5.08. The largest absolute Gasteiger partial charge is 0.316 e. The van der Waals surface area contributed by atoms with Gasteiger partial charge >= 0.3 is 0 Å². The van der Waals surface area contributed by atoms with Gasteiger partial charge in [-0.2, -0.15) is 0 Å². The summed E-state index contributed by atoms with van der Waals surface area (Å²) in [7, 11) is 0. The molecule has 0 spiro atoms. The van der Waals surface area contributed by atoms with Crippen LogP contribution in [0.15, 0.2) is 0 Å². The summed E-state index contributed by atoms with van der Waals surface area (Å²) in [5.74, 6) is 0.778. The summed E-state index contributed by atoms with van der Waals surface area (Å²) in [6.07, 6.45) is 6.91. The van der Waals surface area contributed by atoms with Crippen molar-refractivity contribution in [2.75, 3.05) is 19.6 Å². The van der Waals surface area contributed by atoms with Crippen LogP contribution in [0.5, 0.6) is 0 Å². The van der Waals surface area contributed by atoms with Crippen molar-refractivity contribution in [1.29, 1.82) is 0 Å². The van der Waals surface area contributed by atoms with Crippen molar-refractivity contribution in [3.05, 3.63) is 0 Å². The highest BCUT2D eigenvalue weighted by atomic mass is 15.0. The van der Waals surface area contributed by atoms with E-state index in [-0.39, 0.29) is 0 Å². The second-order valence-electron chi connectivity index (χ2n) is 6.57. The van der Waals surface area contributed by atoms with E-state index in [1.807, 2.05) is 0 Å². The summed E-state index contributed by atoms with van der Waals surface area (Å²) in [5, 5.41) is 7.42. The molecule has 1 saturated heterocycles. The molecule has 0 aromatic rings. The third-order valence-corrected chi connectivity index (χ3v) is 5.08. The van der Waals surface area contributed by atoms with E-state index in [0.717, 1.165) is 5.92 Å². The number of hydrogen-bond donors (Lipinski definition) is 2. The second kappa shape index (κ2) is 4.66. The molecule has 1 unspecified atom stereocenters. The van der Waals surface area contributed by atoms with Gasteiger partial charge in [0.05, 0.1) is 0 Å². The van der Waals surface area contributed by atoms with Crippen molar-refractivity contribution in [1.82, 2.24) is 10.6 Å². The van der Waals surface area contributed by atoms with Gasteiger partial charge in [0.25, 0.3) is 0 Å². The first-order valence-corrected chi connectivity index (χ1v) is 7.02. The van der Waals surface area contributed by atoms with Gasteiger partial charge in [0, 0.05) is 18.6 Å². The van der Waals surface area contributed by atoms with Crippen LogP contribution in [0.25, 0.3) is 0 Å². The Labute approximate surface area is 101 Å². The molecular formula is C14H28N2. The molecule has 16 heavy (non-hydrogen) atoms. The lowest BCUT2D eigenvalue weighted by atomic mass is 9.76. The van der Waals surface area contributed by atoms with E-state index >= 15 is 0 Å². The predicted octanol–water partition coefficient (Wildman–Crippen LogP) is 2.54. The third kappa shape index (κ3) is 2.43. The maximum Gasteiger partial charge on any atom is 0.0153 e. The predicted molar refractivity (Wildman–Crippen MR) is 69.6 cm³/mol. The molecule has 2 fully saturated rings. The molecule has 1 heterocycles. The summed E-state index contributed by atoms with van der Waals surface area (Å²) < 4.78 is 0. The van der Waals surface area contributed by atoms with E-state index in [4.69, 9.17) is 0 Å². The zero-order valence-corrected chi connectivity index (χ0v) is 11.2. The van der Waals surface area contributed by atoms with Gasteiger partial charge in [-0.3, -0.25) is 0 Å². The van der Waals surface area contributed by atoms with Gasteiger partial charge in [-0.15, -0.1) is 0 Å². The highest BCUT2D eigenvalue weighted by Gasteiger charge is 2.39. The Bertz CT molecular complexity index is 223. The molecule has 0 aromatic carbocycles. The Kier molecular flexibility index (Phi) is 3.60. The first-order valence-electron chi connectivity index (χ1n) is 7.02. The van der Waals surface area contributed by atoms with Crippen molar-refractivity contribution in [2.24, 2.45) is 11.3 Å². The van der Waals surface area contributed by atoms with Crippen LogP contribution in [-0.2, 0) is 0 Å². The Balaban J connectivity index is 1.91. The van der Waals surface area contributed by atoms with Crippen LogP contribution in [0.2, 0.25) is 0 Å². The van der Waals surface area contributed by atoms with E-state index < -0.39 is 0 Å². The van der Waals surface area contributed by atoms with Crippen molar-refractivity contribution in [3.8, 4) is 0 Å². The summed E-state index contributed by atoms with van der Waals surface area (Å²) >= 11 is 0. The normalized spacial score (nSPS) is 33.8. The van der Waals surface area contributed by atoms with Gasteiger partial charge in [0.1, 0.15) is 0 Å². The molecule has 0 bridgehead atoms. The number of hydrogen-bond acceptors (Lipinski definition) is 2. The minimum absolute atomic E-state index is 0.435. The Morgan fingerprint density at radius 1 is 1.19 bits per heavy atom. The smallest absolute Gasteiger partial charge is 0.0153 e. The lowest BCUT2D eigenvalue weighted by molar-refractivity contribution is 0.181. The lowest BCUT2D eigenvalue weighted by Gasteiger charge is -2.37. The van der Waals surface area contributed by atoms with Gasteiger partial charge in [-0.25, -0.2) is 0 Å². The van der Waals surface area contributed by atoms with Crippen molar-refractivity contribution < 1.29 is 0 Å². The highest BCUT2D eigenvalue weighted by molar-refractivity contribution is 4.96. The molecule has 2 rings (SSSR count). The standard InChI is InChI=1S/C14H28N2/c1-12(2)14(8-9-15-10-14)11-16-13(3)6-4-5-7-13/h12,15-16H,4-11H2,1-3H3. The monoisotopic (exact) mass is 224 g/mol. The molecule has 1 aliphatic heterocycles. The van der Waals surface area contributed by atoms with Crippen LogP contribution < -0.4 is 10.6 Å². The maximum absolute atomic E-state index is 3.88. The fourth-order valence-corrected chi connectivity index (χ4v) is 3.33. The molecule has 2 aliphatic rings. The van der Waals surface area contributed by atoms with Gasteiger partial charge < -0.3 is 10.6 Å². The van der Waals surface area contributed by atoms with Crippen molar-refractivity contribution in [2.45, 2.75) is 58.4 Å². The topological polar surface area (TPSA) is 24.1 Å². The highest BCUT2D eigenvalue weighted by Crippen LogP contribution is 2.36. The summed E-state index contributed by atoms with van der Waals surface area (Å²) in [6.45, 7) is 10.8. The molecule has 1 atom stereocenters. The SMILES string of the molecule is CC(C)C1(CNC2(C)CCCC2)CCNC1. The van der Waals surface area contributed by atoms with Crippen LogP contribution in [0.3, 0.4) is 0 Å². The number of rotatable bonds is 4. The van der Waals surface area contributed by atoms with E-state index in [2.05, 4.69) is 31.4 Å². The number of nitrogens with one attached hydrogen (secondary N) is 2. The molecule has 0 amide bonds. The molecule has 0 radical (unpaired) electrons. The molecule has 0 aromatic heterocycles. The fraction of sp³-hybridized carbons (Fsp3) is 1.00. The van der Waals surface area contributed by atoms with Crippen LogP contribution in [-0.4, -0.2) is 25.2 Å². The molecular weight excluding hydrogens is 196 g/mol. The first kappa shape index (κ1) is 12.4. The lowest BCUT2D eigenvalue weighted by Crippen LogP contribution is -2.48. The van der Waals surface area contributed by atoms with E-state index in [9.17, 15) is 0 Å².